The molecule has 25 heavy (non-hydrogen) atoms. The zero-order valence-corrected chi connectivity index (χ0v) is 14.1. The van der Waals surface area contributed by atoms with Crippen LogP contribution in [0.2, 0.25) is 0 Å². The predicted octanol–water partition coefficient (Wildman–Crippen LogP) is 2.07. The summed E-state index contributed by atoms with van der Waals surface area (Å²) in [5, 5.41) is 0. The van der Waals surface area contributed by atoms with E-state index in [4.69, 9.17) is 18.9 Å². The lowest BCUT2D eigenvalue weighted by atomic mass is 9.88. The molecule has 2 heterocycles. The number of methoxy groups -OCH3 is 2. The average molecular weight is 342 g/mol. The van der Waals surface area contributed by atoms with E-state index in [0.29, 0.717) is 17.3 Å². The van der Waals surface area contributed by atoms with E-state index in [1.807, 2.05) is 18.2 Å². The summed E-state index contributed by atoms with van der Waals surface area (Å²) in [5.74, 6) is 1.91. The van der Waals surface area contributed by atoms with Crippen molar-refractivity contribution in [2.24, 2.45) is 0 Å². The molecule has 0 amide bonds. The van der Waals surface area contributed by atoms with Gasteiger partial charge in [-0.1, -0.05) is 6.07 Å². The molecule has 7 nitrogen and oxygen atoms in total. The summed E-state index contributed by atoms with van der Waals surface area (Å²) in [6.07, 6.45) is 1.85. The van der Waals surface area contributed by atoms with Crippen LogP contribution in [0.3, 0.4) is 0 Å². The van der Waals surface area contributed by atoms with Gasteiger partial charge in [-0.05, 0) is 30.5 Å². The Morgan fingerprint density at radius 3 is 2.64 bits per heavy atom. The lowest BCUT2D eigenvalue weighted by molar-refractivity contribution is -0.120. The second-order valence-electron chi connectivity index (χ2n) is 6.14. The van der Waals surface area contributed by atoms with Crippen molar-refractivity contribution in [1.82, 2.24) is 9.97 Å². The van der Waals surface area contributed by atoms with Gasteiger partial charge in [0.2, 0.25) is 12.7 Å². The number of nitrogens with zero attached hydrogens (tertiary/aromatic N) is 2. The van der Waals surface area contributed by atoms with Gasteiger partial charge in [-0.2, -0.15) is 9.97 Å². The second-order valence-corrected chi connectivity index (χ2v) is 6.14. The van der Waals surface area contributed by atoms with E-state index in [0.717, 1.165) is 24.2 Å². The largest absolute Gasteiger partial charge is 0.481 e. The van der Waals surface area contributed by atoms with E-state index >= 15 is 0 Å². The number of carbonyl (C=O) groups is 1. The molecule has 2 aromatic rings. The Labute approximate surface area is 144 Å². The van der Waals surface area contributed by atoms with Gasteiger partial charge in [-0.15, -0.1) is 0 Å². The van der Waals surface area contributed by atoms with Gasteiger partial charge < -0.3 is 18.9 Å². The molecule has 0 radical (unpaired) electrons. The highest BCUT2D eigenvalue weighted by molar-refractivity contribution is 5.94. The number of ketones is 1. The van der Waals surface area contributed by atoms with Crippen LogP contribution in [0.5, 0.6) is 23.4 Å². The minimum Gasteiger partial charge on any atom is -0.481 e. The van der Waals surface area contributed by atoms with Crippen LogP contribution in [-0.4, -0.2) is 36.8 Å². The Kier molecular flexibility index (Phi) is 3.71. The van der Waals surface area contributed by atoms with E-state index in [1.165, 1.54) is 14.2 Å². The van der Waals surface area contributed by atoms with Crippen molar-refractivity contribution in [3.8, 4) is 23.4 Å². The minimum absolute atomic E-state index is 0.120. The van der Waals surface area contributed by atoms with Gasteiger partial charge in [-0.25, -0.2) is 0 Å². The van der Waals surface area contributed by atoms with Crippen LogP contribution >= 0.6 is 0 Å². The Balaban J connectivity index is 1.59. The summed E-state index contributed by atoms with van der Waals surface area (Å²) < 4.78 is 21.0. The number of hydrogen-bond donors (Lipinski definition) is 0. The van der Waals surface area contributed by atoms with Crippen LogP contribution in [0.25, 0.3) is 0 Å². The van der Waals surface area contributed by atoms with Gasteiger partial charge in [0.05, 0.1) is 31.7 Å². The maximum Gasteiger partial charge on any atom is 0.319 e. The Hall–Kier alpha value is -2.83. The number of hydrogen-bond acceptors (Lipinski definition) is 7. The van der Waals surface area contributed by atoms with E-state index in [9.17, 15) is 4.79 Å². The average Bonchev–Trinajstić information content (AvgIpc) is 3.32. The molecule has 0 bridgehead atoms. The third-order valence-corrected chi connectivity index (χ3v) is 4.68. The Bertz CT molecular complexity index is 810. The minimum atomic E-state index is -0.466. The number of benzene rings is 1. The van der Waals surface area contributed by atoms with E-state index in [1.54, 1.807) is 6.07 Å². The van der Waals surface area contributed by atoms with Crippen molar-refractivity contribution in [2.45, 2.75) is 24.7 Å². The van der Waals surface area contributed by atoms with Gasteiger partial charge in [0.1, 0.15) is 5.78 Å². The summed E-state index contributed by atoms with van der Waals surface area (Å²) in [6, 6.07) is 7.57. The van der Waals surface area contributed by atoms with E-state index in [2.05, 4.69) is 9.97 Å². The molecule has 1 saturated carbocycles. The number of carbonyl (C=O) groups excluding carboxylic acids is 1. The SMILES string of the molecule is COc1cc(CC(=O)C2(c3ccc4c(c3)OCO4)CC2)nc(OC)n1. The maximum atomic E-state index is 13.0. The van der Waals surface area contributed by atoms with Crippen LogP contribution in [0, 0.1) is 0 Å². The monoisotopic (exact) mass is 342 g/mol. The summed E-state index contributed by atoms with van der Waals surface area (Å²) in [6.45, 7) is 0.222. The molecule has 0 unspecified atom stereocenters. The summed E-state index contributed by atoms with van der Waals surface area (Å²) >= 11 is 0. The molecule has 1 aromatic carbocycles. The molecule has 0 atom stereocenters. The zero-order valence-electron chi connectivity index (χ0n) is 14.1. The first kappa shape index (κ1) is 15.7. The topological polar surface area (TPSA) is 79.8 Å². The van der Waals surface area contributed by atoms with Crippen molar-refractivity contribution in [3.63, 3.8) is 0 Å². The molecule has 0 N–H and O–H groups in total. The first-order valence-corrected chi connectivity index (χ1v) is 8.04. The molecule has 4 rings (SSSR count). The molecule has 1 aliphatic carbocycles. The third kappa shape index (κ3) is 2.75. The Morgan fingerprint density at radius 1 is 1.12 bits per heavy atom. The van der Waals surface area contributed by atoms with Gasteiger partial charge in [-0.3, -0.25) is 4.79 Å². The van der Waals surface area contributed by atoms with Gasteiger partial charge >= 0.3 is 6.01 Å². The normalized spacial score (nSPS) is 16.4. The second kappa shape index (κ2) is 5.91. The van der Waals surface area contributed by atoms with Crippen LogP contribution in [-0.2, 0) is 16.6 Å². The molecule has 0 saturated heterocycles. The summed E-state index contributed by atoms with van der Waals surface area (Å²) in [5.41, 5.74) is 1.09. The highest BCUT2D eigenvalue weighted by Gasteiger charge is 2.51. The number of Topliss-reactive ketones (excluding diaryl/α,β-unsaturated/α-hetero) is 1. The predicted molar refractivity (Wildman–Crippen MR) is 87.3 cm³/mol. The molecule has 130 valence electrons. The molecule has 1 aliphatic heterocycles. The molecule has 2 aliphatic rings. The van der Waals surface area contributed by atoms with Gasteiger partial charge in [0, 0.05) is 6.07 Å². The first-order chi connectivity index (χ1) is 12.1. The van der Waals surface area contributed by atoms with Crippen LogP contribution in [0.15, 0.2) is 24.3 Å². The Morgan fingerprint density at radius 2 is 1.92 bits per heavy atom. The molecule has 1 aromatic heterocycles. The van der Waals surface area contributed by atoms with Crippen molar-refractivity contribution < 1.29 is 23.7 Å². The third-order valence-electron chi connectivity index (χ3n) is 4.68. The maximum absolute atomic E-state index is 13.0. The van der Waals surface area contributed by atoms with Crippen LogP contribution in [0.4, 0.5) is 0 Å². The van der Waals surface area contributed by atoms with Crippen molar-refractivity contribution in [1.29, 1.82) is 0 Å². The van der Waals surface area contributed by atoms with Gasteiger partial charge in [0.25, 0.3) is 0 Å². The first-order valence-electron chi connectivity index (χ1n) is 8.04. The van der Waals surface area contributed by atoms with Crippen molar-refractivity contribution in [2.75, 3.05) is 21.0 Å². The molecule has 1 fully saturated rings. The fraction of sp³-hybridized carbons (Fsp3) is 0.389. The quantitative estimate of drug-likeness (QED) is 0.795. The molecular formula is C18H18N2O5. The fourth-order valence-corrected chi connectivity index (χ4v) is 3.12. The number of rotatable bonds is 6. The zero-order chi connectivity index (χ0) is 17.4. The van der Waals surface area contributed by atoms with Crippen molar-refractivity contribution in [3.05, 3.63) is 35.5 Å². The molecule has 7 heteroatoms. The van der Waals surface area contributed by atoms with Crippen LogP contribution < -0.4 is 18.9 Å². The highest BCUT2D eigenvalue weighted by atomic mass is 16.7. The number of ether oxygens (including phenoxy) is 4. The lowest BCUT2D eigenvalue weighted by Crippen LogP contribution is -2.23. The molecule has 0 spiro atoms. The lowest BCUT2D eigenvalue weighted by Gasteiger charge is -2.15. The van der Waals surface area contributed by atoms with Crippen LogP contribution in [0.1, 0.15) is 24.1 Å². The number of aromatic nitrogens is 2. The summed E-state index contributed by atoms with van der Waals surface area (Å²) in [7, 11) is 3.00. The highest BCUT2D eigenvalue weighted by Crippen LogP contribution is 2.51. The molecular weight excluding hydrogens is 324 g/mol. The standard InChI is InChI=1S/C18H18N2O5/c1-22-16-9-12(19-17(20-16)23-2)8-15(21)18(5-6-18)11-3-4-13-14(7-11)25-10-24-13/h3-4,7,9H,5-6,8,10H2,1-2H3. The van der Waals surface area contributed by atoms with E-state index < -0.39 is 5.41 Å². The van der Waals surface area contributed by atoms with Gasteiger partial charge in [0.15, 0.2) is 11.5 Å². The van der Waals surface area contributed by atoms with Crippen molar-refractivity contribution >= 4 is 5.78 Å². The number of fused-ring (bicyclic) bond motifs is 1. The smallest absolute Gasteiger partial charge is 0.319 e. The summed E-state index contributed by atoms with van der Waals surface area (Å²) in [4.78, 5) is 21.3. The van der Waals surface area contributed by atoms with E-state index in [-0.39, 0.29) is 25.0 Å². The fourth-order valence-electron chi connectivity index (χ4n) is 3.12.